The molecule has 2 rings (SSSR count). The molecule has 0 saturated heterocycles. The van der Waals surface area contributed by atoms with E-state index in [4.69, 9.17) is 4.42 Å². The van der Waals surface area contributed by atoms with E-state index < -0.39 is 5.91 Å². The summed E-state index contributed by atoms with van der Waals surface area (Å²) in [6, 6.07) is 6.07. The second-order valence-electron chi connectivity index (χ2n) is 4.63. The first-order valence-corrected chi connectivity index (χ1v) is 6.75. The summed E-state index contributed by atoms with van der Waals surface area (Å²) in [7, 11) is 0. The van der Waals surface area contributed by atoms with Crippen LogP contribution in [0.15, 0.2) is 41.1 Å². The number of hydrogen-bond acceptors (Lipinski definition) is 5. The van der Waals surface area contributed by atoms with Crippen molar-refractivity contribution in [3.05, 3.63) is 48.2 Å². The van der Waals surface area contributed by atoms with Crippen LogP contribution >= 0.6 is 0 Å². The first kappa shape index (κ1) is 15.1. The minimum atomic E-state index is -0.439. The quantitative estimate of drug-likeness (QED) is 0.847. The van der Waals surface area contributed by atoms with Gasteiger partial charge in [0.15, 0.2) is 5.69 Å². The molecule has 0 unspecified atom stereocenters. The van der Waals surface area contributed by atoms with Gasteiger partial charge in [0, 0.05) is 6.20 Å². The normalized spacial score (nSPS) is 12.1. The molecule has 6 heteroatoms. The van der Waals surface area contributed by atoms with Crippen LogP contribution in [0.2, 0.25) is 0 Å². The van der Waals surface area contributed by atoms with Gasteiger partial charge in [-0.2, -0.15) is 0 Å². The zero-order chi connectivity index (χ0) is 15.2. The number of rotatable bonds is 6. The van der Waals surface area contributed by atoms with E-state index in [1.807, 2.05) is 6.92 Å². The molecular weight excluding hydrogens is 272 g/mol. The van der Waals surface area contributed by atoms with E-state index in [1.54, 1.807) is 18.2 Å². The minimum absolute atomic E-state index is 0.0315. The first-order chi connectivity index (χ1) is 10.2. The van der Waals surface area contributed by atoms with E-state index >= 15 is 0 Å². The largest absolute Gasteiger partial charge is 0.505 e. The lowest BCUT2D eigenvalue weighted by molar-refractivity contribution is 0.0536. The van der Waals surface area contributed by atoms with Crippen LogP contribution in [0.4, 0.5) is 0 Å². The number of nitrogens with zero attached hydrogens (tertiary/aromatic N) is 2. The Hall–Kier alpha value is -2.34. The number of carbonyl (C=O) groups is 1. The van der Waals surface area contributed by atoms with Gasteiger partial charge in [0.25, 0.3) is 5.91 Å². The molecule has 1 amide bonds. The summed E-state index contributed by atoms with van der Waals surface area (Å²) in [5.41, 5.74) is -0.0315. The minimum Gasteiger partial charge on any atom is -0.505 e. The molecule has 2 heterocycles. The molecule has 0 aliphatic rings. The Labute approximate surface area is 122 Å². The zero-order valence-electron chi connectivity index (χ0n) is 11.8. The Morgan fingerprint density at radius 2 is 2.24 bits per heavy atom. The van der Waals surface area contributed by atoms with Crippen LogP contribution in [0.25, 0.3) is 0 Å². The zero-order valence-corrected chi connectivity index (χ0v) is 11.8. The third-order valence-corrected chi connectivity index (χ3v) is 3.28. The average Bonchev–Trinajstić information content (AvgIpc) is 3.00. The smallest absolute Gasteiger partial charge is 0.277 e. The number of carbonyl (C=O) groups excluding carboxylic acids is 1. The summed E-state index contributed by atoms with van der Waals surface area (Å²) >= 11 is 0. The predicted molar refractivity (Wildman–Crippen MR) is 75.6 cm³/mol. The predicted octanol–water partition coefficient (Wildman–Crippen LogP) is 1.79. The average molecular weight is 290 g/mol. The summed E-state index contributed by atoms with van der Waals surface area (Å²) in [5, 5.41) is 19.3. The topological polar surface area (TPSA) is 86.8 Å². The van der Waals surface area contributed by atoms with Crippen molar-refractivity contribution in [2.24, 2.45) is 0 Å². The molecule has 0 fully saturated rings. The van der Waals surface area contributed by atoms with E-state index in [1.165, 1.54) is 23.4 Å². The van der Waals surface area contributed by atoms with Crippen LogP contribution in [-0.2, 0) is 6.54 Å². The van der Waals surface area contributed by atoms with Crippen molar-refractivity contribution in [3.63, 3.8) is 0 Å². The summed E-state index contributed by atoms with van der Waals surface area (Å²) in [5.74, 6) is -0.0178. The lowest BCUT2D eigenvalue weighted by Crippen LogP contribution is -2.42. The molecular formula is C15H18N2O4. The number of aliphatic hydroxyl groups is 1. The van der Waals surface area contributed by atoms with Crippen molar-refractivity contribution >= 4 is 5.91 Å². The molecule has 0 aliphatic heterocycles. The summed E-state index contributed by atoms with van der Waals surface area (Å²) < 4.78 is 5.26. The van der Waals surface area contributed by atoms with Crippen molar-refractivity contribution in [2.45, 2.75) is 25.9 Å². The highest BCUT2D eigenvalue weighted by molar-refractivity contribution is 5.94. The monoisotopic (exact) mass is 290 g/mol. The van der Waals surface area contributed by atoms with Gasteiger partial charge in [-0.1, -0.05) is 6.92 Å². The molecule has 2 N–H and O–H groups in total. The Balaban J connectivity index is 2.30. The van der Waals surface area contributed by atoms with Gasteiger partial charge < -0.3 is 19.5 Å². The molecule has 0 bridgehead atoms. The van der Waals surface area contributed by atoms with E-state index in [2.05, 4.69) is 4.98 Å². The second-order valence-corrected chi connectivity index (χ2v) is 4.63. The lowest BCUT2D eigenvalue weighted by atomic mass is 10.1. The Bertz CT molecular complexity index is 579. The van der Waals surface area contributed by atoms with Gasteiger partial charge in [0.05, 0.1) is 25.5 Å². The van der Waals surface area contributed by atoms with Gasteiger partial charge >= 0.3 is 0 Å². The highest BCUT2D eigenvalue weighted by atomic mass is 16.3. The Morgan fingerprint density at radius 3 is 2.81 bits per heavy atom. The molecule has 0 saturated carbocycles. The molecule has 0 radical (unpaired) electrons. The van der Waals surface area contributed by atoms with Gasteiger partial charge in [-0.05, 0) is 30.7 Å². The fraction of sp³-hybridized carbons (Fsp3) is 0.333. The first-order valence-electron chi connectivity index (χ1n) is 6.75. The van der Waals surface area contributed by atoms with Crippen molar-refractivity contribution in [2.75, 3.05) is 6.61 Å². The van der Waals surface area contributed by atoms with Gasteiger partial charge in [-0.25, -0.2) is 4.98 Å². The van der Waals surface area contributed by atoms with Crippen LogP contribution < -0.4 is 0 Å². The molecule has 21 heavy (non-hydrogen) atoms. The highest BCUT2D eigenvalue weighted by Gasteiger charge is 2.26. The highest BCUT2D eigenvalue weighted by Crippen LogP contribution is 2.20. The fourth-order valence-electron chi connectivity index (χ4n) is 2.08. The Morgan fingerprint density at radius 1 is 1.43 bits per heavy atom. The molecule has 112 valence electrons. The molecule has 2 aromatic heterocycles. The van der Waals surface area contributed by atoms with Gasteiger partial charge in [-0.3, -0.25) is 4.79 Å². The number of aliphatic hydroxyl groups excluding tert-OH is 1. The SMILES string of the molecule is CC[C@H](CO)N(Cc1ccco1)C(=O)c1ncccc1O. The van der Waals surface area contributed by atoms with Gasteiger partial charge in [0.2, 0.25) is 0 Å². The van der Waals surface area contributed by atoms with Crippen molar-refractivity contribution in [3.8, 4) is 5.75 Å². The van der Waals surface area contributed by atoms with Crippen molar-refractivity contribution in [1.82, 2.24) is 9.88 Å². The number of pyridine rings is 1. The second kappa shape index (κ2) is 6.90. The molecule has 0 spiro atoms. The number of aromatic nitrogens is 1. The maximum absolute atomic E-state index is 12.6. The fourth-order valence-corrected chi connectivity index (χ4v) is 2.08. The molecule has 0 aromatic carbocycles. The van der Waals surface area contributed by atoms with Crippen LogP contribution in [0, 0.1) is 0 Å². The Kier molecular flexibility index (Phi) is 4.94. The van der Waals surface area contributed by atoms with Crippen LogP contribution in [0.1, 0.15) is 29.6 Å². The number of furan rings is 1. The van der Waals surface area contributed by atoms with E-state index in [9.17, 15) is 15.0 Å². The number of amides is 1. The van der Waals surface area contributed by atoms with Crippen molar-refractivity contribution < 1.29 is 19.4 Å². The third-order valence-electron chi connectivity index (χ3n) is 3.28. The molecule has 1 atom stereocenters. The van der Waals surface area contributed by atoms with E-state index in [0.29, 0.717) is 12.2 Å². The van der Waals surface area contributed by atoms with E-state index in [0.717, 1.165) is 0 Å². The number of aromatic hydroxyl groups is 1. The number of hydrogen-bond donors (Lipinski definition) is 2. The molecule has 6 nitrogen and oxygen atoms in total. The lowest BCUT2D eigenvalue weighted by Gasteiger charge is -2.29. The van der Waals surface area contributed by atoms with Crippen LogP contribution in [-0.4, -0.2) is 38.7 Å². The third kappa shape index (κ3) is 3.41. The summed E-state index contributed by atoms with van der Waals surface area (Å²) in [4.78, 5) is 18.0. The molecule has 2 aromatic rings. The van der Waals surface area contributed by atoms with Crippen molar-refractivity contribution in [1.29, 1.82) is 0 Å². The van der Waals surface area contributed by atoms with Crippen LogP contribution in [0.5, 0.6) is 5.75 Å². The standard InChI is InChI=1S/C15H18N2O4/c1-2-11(10-18)17(9-12-5-4-8-21-12)15(20)14-13(19)6-3-7-16-14/h3-8,11,18-19H,2,9-10H2,1H3/t11-/m1/s1. The van der Waals surface area contributed by atoms with Gasteiger partial charge in [0.1, 0.15) is 11.5 Å². The maximum atomic E-state index is 12.6. The summed E-state index contributed by atoms with van der Waals surface area (Å²) in [6.45, 7) is 1.92. The van der Waals surface area contributed by atoms with Crippen LogP contribution in [0.3, 0.4) is 0 Å². The van der Waals surface area contributed by atoms with Gasteiger partial charge in [-0.15, -0.1) is 0 Å². The van der Waals surface area contributed by atoms with E-state index in [-0.39, 0.29) is 30.6 Å². The maximum Gasteiger partial charge on any atom is 0.277 e. The summed E-state index contributed by atoms with van der Waals surface area (Å²) in [6.07, 6.45) is 3.55. The molecule has 0 aliphatic carbocycles.